The normalized spacial score (nSPS) is 11.6. The van der Waals surface area contributed by atoms with E-state index in [1.165, 1.54) is 27.2 Å². The number of anilines is 1. The number of benzene rings is 1. The van der Waals surface area contributed by atoms with Crippen LogP contribution in [0.25, 0.3) is 0 Å². The van der Waals surface area contributed by atoms with Gasteiger partial charge in [-0.15, -0.1) is 0 Å². The summed E-state index contributed by atoms with van der Waals surface area (Å²) in [5, 5.41) is 9.34. The lowest BCUT2D eigenvalue weighted by molar-refractivity contribution is -0.143. The molecule has 7 heteroatoms. The number of nitrogens with zero attached hydrogens (tertiary/aromatic N) is 1. The monoisotopic (exact) mass is 309 g/mol. The predicted molar refractivity (Wildman–Crippen MR) is 79.0 cm³/mol. The maximum atomic E-state index is 12.3. The van der Waals surface area contributed by atoms with Gasteiger partial charge in [0.2, 0.25) is 0 Å². The molecule has 0 spiro atoms. The summed E-state index contributed by atoms with van der Waals surface area (Å²) in [6.45, 7) is 2.85. The average Bonchev–Trinajstić information content (AvgIpc) is 2.48. The van der Waals surface area contributed by atoms with Crippen molar-refractivity contribution < 1.29 is 29.0 Å². The molecule has 0 radical (unpaired) electrons. The lowest BCUT2D eigenvalue weighted by Gasteiger charge is -2.29. The Balaban J connectivity index is 3.48. The summed E-state index contributed by atoms with van der Waals surface area (Å²) in [5.41, 5.74) is 0.648. The van der Waals surface area contributed by atoms with Crippen LogP contribution in [0.2, 0.25) is 0 Å². The average molecular weight is 309 g/mol. The summed E-state index contributed by atoms with van der Waals surface area (Å²) >= 11 is 0. The van der Waals surface area contributed by atoms with Crippen molar-refractivity contribution in [2.45, 2.75) is 19.9 Å². The summed E-state index contributed by atoms with van der Waals surface area (Å²) in [6, 6.07) is 3.64. The van der Waals surface area contributed by atoms with Crippen molar-refractivity contribution in [1.29, 1.82) is 0 Å². The van der Waals surface area contributed by atoms with Crippen LogP contribution in [0.1, 0.15) is 22.8 Å². The molecule has 0 bridgehead atoms. The molecule has 22 heavy (non-hydrogen) atoms. The zero-order chi connectivity index (χ0) is 16.9. The van der Waals surface area contributed by atoms with Crippen LogP contribution in [0, 0.1) is 6.92 Å². The third-order valence-electron chi connectivity index (χ3n) is 3.18. The number of methoxy groups -OCH3 is 2. The predicted octanol–water partition coefficient (Wildman–Crippen LogP) is 1.23. The van der Waals surface area contributed by atoms with Gasteiger partial charge in [0.1, 0.15) is 12.6 Å². The van der Waals surface area contributed by atoms with Crippen molar-refractivity contribution in [3.05, 3.63) is 29.3 Å². The van der Waals surface area contributed by atoms with Gasteiger partial charge in [0.25, 0.3) is 5.91 Å². The fourth-order valence-electron chi connectivity index (χ4n) is 2.15. The molecule has 1 atom stereocenters. The Morgan fingerprint density at radius 3 is 2.41 bits per heavy atom. The molecule has 0 saturated carbocycles. The fraction of sp³-hybridized carbons (Fsp3) is 0.400. The highest BCUT2D eigenvalue weighted by molar-refractivity contribution is 6.06. The van der Waals surface area contributed by atoms with Crippen LogP contribution >= 0.6 is 0 Å². The lowest BCUT2D eigenvalue weighted by Crippen LogP contribution is -2.46. The van der Waals surface area contributed by atoms with Crippen molar-refractivity contribution >= 4 is 23.5 Å². The molecule has 1 aromatic carbocycles. The van der Waals surface area contributed by atoms with E-state index < -0.39 is 23.9 Å². The molecule has 120 valence electrons. The number of para-hydroxylation sites is 1. The Kier molecular flexibility index (Phi) is 6.06. The number of aromatic carboxylic acids is 1. The first-order valence-corrected chi connectivity index (χ1v) is 6.56. The number of amides is 1. The molecule has 7 nitrogen and oxygen atoms in total. The number of hydrogen-bond acceptors (Lipinski definition) is 5. The summed E-state index contributed by atoms with van der Waals surface area (Å²) in [6.07, 6.45) is 0. The van der Waals surface area contributed by atoms with Crippen molar-refractivity contribution in [2.75, 3.05) is 25.7 Å². The zero-order valence-corrected chi connectivity index (χ0v) is 13.0. The van der Waals surface area contributed by atoms with Gasteiger partial charge in [-0.3, -0.25) is 9.69 Å². The van der Waals surface area contributed by atoms with Crippen LogP contribution in [0.4, 0.5) is 5.69 Å². The minimum atomic E-state index is -1.19. The SMILES string of the molecule is COCC(=O)N(c1c(C)cccc1C(=O)O)[C@@H](C)C(=O)OC. The minimum Gasteiger partial charge on any atom is -0.478 e. The molecule has 1 aromatic rings. The minimum absolute atomic E-state index is 0.0693. The molecule has 1 amide bonds. The van der Waals surface area contributed by atoms with Gasteiger partial charge in [-0.2, -0.15) is 0 Å². The Morgan fingerprint density at radius 1 is 1.27 bits per heavy atom. The van der Waals surface area contributed by atoms with E-state index in [0.29, 0.717) is 5.56 Å². The Hall–Kier alpha value is -2.41. The number of carboxylic acids is 1. The maximum absolute atomic E-state index is 12.3. The first-order valence-electron chi connectivity index (χ1n) is 6.56. The number of rotatable bonds is 6. The van der Waals surface area contributed by atoms with Gasteiger partial charge < -0.3 is 14.6 Å². The van der Waals surface area contributed by atoms with E-state index >= 15 is 0 Å². The van der Waals surface area contributed by atoms with Crippen LogP contribution in [0.5, 0.6) is 0 Å². The number of hydrogen-bond donors (Lipinski definition) is 1. The van der Waals surface area contributed by atoms with Crippen LogP contribution in [0.3, 0.4) is 0 Å². The number of carbonyl (C=O) groups excluding carboxylic acids is 2. The molecule has 0 aliphatic heterocycles. The number of carboxylic acid groups (broad SMARTS) is 1. The molecule has 0 saturated heterocycles. The highest BCUT2D eigenvalue weighted by atomic mass is 16.5. The van der Waals surface area contributed by atoms with Crippen molar-refractivity contribution in [1.82, 2.24) is 0 Å². The third-order valence-corrected chi connectivity index (χ3v) is 3.18. The van der Waals surface area contributed by atoms with Crippen molar-refractivity contribution in [2.24, 2.45) is 0 Å². The van der Waals surface area contributed by atoms with E-state index in [9.17, 15) is 19.5 Å². The number of ether oxygens (including phenoxy) is 2. The topological polar surface area (TPSA) is 93.1 Å². The molecule has 1 rings (SSSR count). The van der Waals surface area contributed by atoms with E-state index in [0.717, 1.165) is 4.90 Å². The third kappa shape index (κ3) is 3.62. The molecule has 0 unspecified atom stereocenters. The molecule has 0 aliphatic rings. The van der Waals surface area contributed by atoms with Crippen molar-refractivity contribution in [3.63, 3.8) is 0 Å². The van der Waals surface area contributed by atoms with E-state index in [-0.39, 0.29) is 17.9 Å². The standard InChI is InChI=1S/C15H19NO6/c1-9-6-5-7-11(14(18)19)13(9)16(12(17)8-21-3)10(2)15(20)22-4/h5-7,10H,8H2,1-4H3,(H,18,19)/t10-/m0/s1. The van der Waals surface area contributed by atoms with Crippen molar-refractivity contribution in [3.8, 4) is 0 Å². The van der Waals surface area contributed by atoms with Gasteiger partial charge in [0.15, 0.2) is 0 Å². The van der Waals surface area contributed by atoms with Crippen LogP contribution in [-0.4, -0.2) is 49.8 Å². The van der Waals surface area contributed by atoms with Gasteiger partial charge in [-0.1, -0.05) is 12.1 Å². The Labute approximate surface area is 128 Å². The summed E-state index contributed by atoms with van der Waals surface area (Å²) in [4.78, 5) is 36.7. The molecule has 0 aromatic heterocycles. The molecule has 0 fully saturated rings. The van der Waals surface area contributed by atoms with Gasteiger partial charge in [0.05, 0.1) is 18.4 Å². The highest BCUT2D eigenvalue weighted by Gasteiger charge is 2.31. The number of carbonyl (C=O) groups is 3. The second-order valence-electron chi connectivity index (χ2n) is 4.67. The van der Waals surface area contributed by atoms with Gasteiger partial charge in [-0.25, -0.2) is 9.59 Å². The molecular formula is C15H19NO6. The molecule has 0 aliphatic carbocycles. The molecule has 1 N–H and O–H groups in total. The smallest absolute Gasteiger partial charge is 0.337 e. The Bertz CT molecular complexity index is 583. The summed E-state index contributed by atoms with van der Waals surface area (Å²) in [7, 11) is 2.54. The number of esters is 1. The van der Waals surface area contributed by atoms with Gasteiger partial charge in [0, 0.05) is 7.11 Å². The second kappa shape index (κ2) is 7.56. The quantitative estimate of drug-likeness (QED) is 0.795. The van der Waals surface area contributed by atoms with Gasteiger partial charge >= 0.3 is 11.9 Å². The van der Waals surface area contributed by atoms with E-state index in [2.05, 4.69) is 4.74 Å². The first-order chi connectivity index (χ1) is 10.3. The first kappa shape index (κ1) is 17.6. The summed E-state index contributed by atoms with van der Waals surface area (Å²) in [5.74, 6) is -2.37. The molecule has 0 heterocycles. The van der Waals surface area contributed by atoms with Crippen LogP contribution in [0.15, 0.2) is 18.2 Å². The second-order valence-corrected chi connectivity index (χ2v) is 4.67. The van der Waals surface area contributed by atoms with Crippen LogP contribution < -0.4 is 4.90 Å². The Morgan fingerprint density at radius 2 is 1.91 bits per heavy atom. The van der Waals surface area contributed by atoms with E-state index in [1.807, 2.05) is 0 Å². The zero-order valence-electron chi connectivity index (χ0n) is 13.0. The largest absolute Gasteiger partial charge is 0.478 e. The van der Waals surface area contributed by atoms with E-state index in [4.69, 9.17) is 4.74 Å². The summed E-state index contributed by atoms with van der Waals surface area (Å²) < 4.78 is 9.48. The fourth-order valence-corrected chi connectivity index (χ4v) is 2.15. The van der Waals surface area contributed by atoms with E-state index in [1.54, 1.807) is 19.1 Å². The lowest BCUT2D eigenvalue weighted by atomic mass is 10.0. The highest BCUT2D eigenvalue weighted by Crippen LogP contribution is 2.28. The van der Waals surface area contributed by atoms with Gasteiger partial charge in [-0.05, 0) is 25.5 Å². The maximum Gasteiger partial charge on any atom is 0.337 e. The van der Waals surface area contributed by atoms with Crippen LogP contribution in [-0.2, 0) is 19.1 Å². The molecular weight excluding hydrogens is 290 g/mol. The number of aryl methyl sites for hydroxylation is 1.